The molecule has 0 unspecified atom stereocenters. The van der Waals surface area contributed by atoms with Crippen LogP contribution in [0.25, 0.3) is 0 Å². The summed E-state index contributed by atoms with van der Waals surface area (Å²) in [4.78, 5) is 20.8. The fraction of sp³-hybridized carbons (Fsp3) is 0.478. The lowest BCUT2D eigenvalue weighted by molar-refractivity contribution is -0.0366. The first kappa shape index (κ1) is 23.6. The van der Waals surface area contributed by atoms with Gasteiger partial charge in [0.2, 0.25) is 0 Å². The summed E-state index contributed by atoms with van der Waals surface area (Å²) in [7, 11) is 0. The number of carbonyl (C=O) groups is 1. The molecular formula is C23H29ClN4O2. The molecule has 0 spiro atoms. The maximum absolute atomic E-state index is 12.3. The molecule has 0 bridgehead atoms. The molecule has 1 heterocycles. The van der Waals surface area contributed by atoms with E-state index in [-0.39, 0.29) is 39.5 Å². The minimum atomic E-state index is -0.0776. The van der Waals surface area contributed by atoms with Crippen molar-refractivity contribution in [1.29, 1.82) is 5.26 Å². The zero-order chi connectivity index (χ0) is 22.7. The number of nitrogens with one attached hydrogen (secondary N) is 1. The van der Waals surface area contributed by atoms with Crippen LogP contribution >= 0.6 is 11.6 Å². The molecule has 1 aromatic heterocycles. The molecular weight excluding hydrogens is 400 g/mol. The predicted molar refractivity (Wildman–Crippen MR) is 117 cm³/mol. The second-order valence-electron chi connectivity index (χ2n) is 9.32. The van der Waals surface area contributed by atoms with E-state index in [1.54, 1.807) is 12.4 Å². The first-order valence-electron chi connectivity index (χ1n) is 9.89. The average Bonchev–Trinajstić information content (AvgIpc) is 2.65. The van der Waals surface area contributed by atoms with Gasteiger partial charge in [-0.15, -0.1) is 0 Å². The quantitative estimate of drug-likeness (QED) is 0.710. The predicted octanol–water partition coefficient (Wildman–Crippen LogP) is 5.07. The lowest BCUT2D eigenvalue weighted by Crippen LogP contribution is -2.63. The Bertz CT molecular complexity index is 933. The van der Waals surface area contributed by atoms with E-state index in [9.17, 15) is 4.79 Å². The maximum Gasteiger partial charge on any atom is 0.254 e. The molecule has 1 aliphatic rings. The van der Waals surface area contributed by atoms with Crippen molar-refractivity contribution in [2.24, 2.45) is 10.8 Å². The minimum absolute atomic E-state index is 0.0731. The summed E-state index contributed by atoms with van der Waals surface area (Å²) in [5.41, 5.74) is 1.21. The van der Waals surface area contributed by atoms with E-state index in [2.05, 4.69) is 43.0 Å². The van der Waals surface area contributed by atoms with Crippen LogP contribution in [-0.4, -0.2) is 27.0 Å². The van der Waals surface area contributed by atoms with E-state index in [1.807, 2.05) is 19.9 Å². The third kappa shape index (κ3) is 5.48. The van der Waals surface area contributed by atoms with Crippen molar-refractivity contribution in [3.63, 3.8) is 0 Å². The highest BCUT2D eigenvalue weighted by molar-refractivity contribution is 6.31. The van der Waals surface area contributed by atoms with Crippen LogP contribution in [0.1, 0.15) is 75.6 Å². The molecule has 2 N–H and O–H groups in total. The summed E-state index contributed by atoms with van der Waals surface area (Å²) in [6, 6.07) is 6.29. The van der Waals surface area contributed by atoms with Gasteiger partial charge in [0, 0.05) is 24.4 Å². The van der Waals surface area contributed by atoms with Crippen molar-refractivity contribution >= 4 is 17.5 Å². The average molecular weight is 429 g/mol. The Balaban J connectivity index is 0.000000269. The van der Waals surface area contributed by atoms with Crippen LogP contribution in [0.15, 0.2) is 30.6 Å². The Labute approximate surface area is 183 Å². The maximum atomic E-state index is 12.3. The molecule has 0 aliphatic heterocycles. The molecule has 30 heavy (non-hydrogen) atoms. The number of aromatic nitrogens is 2. The van der Waals surface area contributed by atoms with Crippen LogP contribution in [0.3, 0.4) is 0 Å². The number of amides is 1. The normalized spacial score (nSPS) is 16.6. The van der Waals surface area contributed by atoms with Crippen LogP contribution in [0.5, 0.6) is 5.75 Å². The van der Waals surface area contributed by atoms with Crippen LogP contribution in [-0.2, 0) is 0 Å². The fourth-order valence-electron chi connectivity index (χ4n) is 4.26. The summed E-state index contributed by atoms with van der Waals surface area (Å²) in [5.74, 6) is 1.04. The number of phenolic OH excluding ortho intramolecular Hbond substituents is 1. The molecule has 160 valence electrons. The van der Waals surface area contributed by atoms with Gasteiger partial charge in [-0.3, -0.25) is 4.79 Å². The van der Waals surface area contributed by atoms with E-state index in [0.717, 1.165) is 12.2 Å². The molecule has 1 aromatic carbocycles. The topological polar surface area (TPSA) is 98.9 Å². The number of phenols is 1. The SMILES string of the molecule is CC(C)c1ncc(C(=O)NC2C(C)(C)CC2(C)C)cn1.N#Cc1ccc(O)cc1Cl. The number of nitrogens with zero attached hydrogens (tertiary/aromatic N) is 3. The number of benzene rings is 1. The van der Waals surface area contributed by atoms with Gasteiger partial charge in [0.25, 0.3) is 5.91 Å². The minimum Gasteiger partial charge on any atom is -0.508 e. The summed E-state index contributed by atoms with van der Waals surface area (Å²) in [6.07, 6.45) is 4.36. The molecule has 6 nitrogen and oxygen atoms in total. The standard InChI is InChI=1S/C16H25N3O.C7H4ClNO/c1-10(2)12-17-7-11(8-18-12)13(20)19-14-15(3,4)9-16(14,5)6;8-7-3-6(10)2-1-5(7)4-9/h7-8,10,14H,9H2,1-6H3,(H,19,20);1-3,10H. The number of rotatable bonds is 3. The smallest absolute Gasteiger partial charge is 0.254 e. The molecule has 0 saturated heterocycles. The second-order valence-corrected chi connectivity index (χ2v) is 9.73. The van der Waals surface area contributed by atoms with Gasteiger partial charge in [0.1, 0.15) is 17.6 Å². The van der Waals surface area contributed by atoms with E-state index in [1.165, 1.54) is 18.2 Å². The van der Waals surface area contributed by atoms with Crippen LogP contribution in [0.2, 0.25) is 5.02 Å². The monoisotopic (exact) mass is 428 g/mol. The highest BCUT2D eigenvalue weighted by Crippen LogP contribution is 2.53. The molecule has 7 heteroatoms. The van der Waals surface area contributed by atoms with Crippen LogP contribution < -0.4 is 5.32 Å². The van der Waals surface area contributed by atoms with Gasteiger partial charge in [0.15, 0.2) is 0 Å². The lowest BCUT2D eigenvalue weighted by Gasteiger charge is -2.57. The Morgan fingerprint density at radius 3 is 2.23 bits per heavy atom. The Kier molecular flexibility index (Phi) is 7.10. The number of halogens is 1. The Morgan fingerprint density at radius 2 is 1.80 bits per heavy atom. The summed E-state index contributed by atoms with van der Waals surface area (Å²) in [6.45, 7) is 12.9. The largest absolute Gasteiger partial charge is 0.508 e. The van der Waals surface area contributed by atoms with Gasteiger partial charge in [0.05, 0.1) is 16.1 Å². The third-order valence-electron chi connectivity index (χ3n) is 5.27. The molecule has 0 atom stereocenters. The van der Waals surface area contributed by atoms with Crippen LogP contribution in [0, 0.1) is 22.2 Å². The number of nitriles is 1. The van der Waals surface area contributed by atoms with Crippen molar-refractivity contribution in [2.75, 3.05) is 0 Å². The molecule has 2 aromatic rings. The van der Waals surface area contributed by atoms with Crippen molar-refractivity contribution in [3.8, 4) is 11.8 Å². The number of carbonyl (C=O) groups excluding carboxylic acids is 1. The zero-order valence-corrected chi connectivity index (χ0v) is 19.1. The van der Waals surface area contributed by atoms with Crippen molar-refractivity contribution in [3.05, 3.63) is 52.6 Å². The number of aromatic hydroxyl groups is 1. The Morgan fingerprint density at radius 1 is 1.23 bits per heavy atom. The highest BCUT2D eigenvalue weighted by atomic mass is 35.5. The summed E-state index contributed by atoms with van der Waals surface area (Å²) in [5, 5.41) is 20.7. The van der Waals surface area contributed by atoms with Gasteiger partial charge in [-0.1, -0.05) is 53.1 Å². The van der Waals surface area contributed by atoms with Gasteiger partial charge < -0.3 is 10.4 Å². The molecule has 0 radical (unpaired) electrons. The molecule has 3 rings (SSSR count). The van der Waals surface area contributed by atoms with E-state index in [0.29, 0.717) is 11.1 Å². The fourth-order valence-corrected chi connectivity index (χ4v) is 4.48. The zero-order valence-electron chi connectivity index (χ0n) is 18.3. The van der Waals surface area contributed by atoms with Gasteiger partial charge in [-0.05, 0) is 35.4 Å². The van der Waals surface area contributed by atoms with Crippen LogP contribution in [0.4, 0.5) is 0 Å². The highest BCUT2D eigenvalue weighted by Gasteiger charge is 2.53. The summed E-state index contributed by atoms with van der Waals surface area (Å²) < 4.78 is 0. The second kappa shape index (κ2) is 9.01. The van der Waals surface area contributed by atoms with E-state index < -0.39 is 0 Å². The lowest BCUT2D eigenvalue weighted by atomic mass is 9.52. The van der Waals surface area contributed by atoms with E-state index in [4.69, 9.17) is 22.0 Å². The first-order valence-corrected chi connectivity index (χ1v) is 10.3. The molecule has 1 aliphatic carbocycles. The molecule has 1 amide bonds. The Hall–Kier alpha value is -2.65. The van der Waals surface area contributed by atoms with Gasteiger partial charge in [-0.25, -0.2) is 9.97 Å². The van der Waals surface area contributed by atoms with E-state index >= 15 is 0 Å². The number of hydrogen-bond acceptors (Lipinski definition) is 5. The molecule has 1 saturated carbocycles. The van der Waals surface area contributed by atoms with Crippen molar-refractivity contribution in [1.82, 2.24) is 15.3 Å². The van der Waals surface area contributed by atoms with Gasteiger partial charge >= 0.3 is 0 Å². The van der Waals surface area contributed by atoms with Crippen molar-refractivity contribution in [2.45, 2.75) is 59.9 Å². The van der Waals surface area contributed by atoms with Crippen molar-refractivity contribution < 1.29 is 9.90 Å². The third-order valence-corrected chi connectivity index (χ3v) is 5.59. The first-order chi connectivity index (χ1) is 13.9. The molecule has 1 fully saturated rings. The summed E-state index contributed by atoms with van der Waals surface area (Å²) >= 11 is 5.55. The van der Waals surface area contributed by atoms with Gasteiger partial charge in [-0.2, -0.15) is 5.26 Å². The number of hydrogen-bond donors (Lipinski definition) is 2.